The zero-order valence-electron chi connectivity index (χ0n) is 9.16. The lowest BCUT2D eigenvalue weighted by Gasteiger charge is -2.03. The summed E-state index contributed by atoms with van der Waals surface area (Å²) in [4.78, 5) is 11.3. The lowest BCUT2D eigenvalue weighted by Crippen LogP contribution is -2.26. The average molecular weight is 233 g/mol. The number of sulfone groups is 1. The molecule has 1 N–H and O–H groups in total. The predicted molar refractivity (Wildman–Crippen MR) is 59.6 cm³/mol. The first-order valence-electron chi connectivity index (χ1n) is 5.49. The van der Waals surface area contributed by atoms with Crippen molar-refractivity contribution in [2.75, 3.05) is 18.1 Å². The van der Waals surface area contributed by atoms with Crippen LogP contribution in [0.15, 0.2) is 0 Å². The molecule has 4 nitrogen and oxygen atoms in total. The molecule has 0 aromatic heterocycles. The van der Waals surface area contributed by atoms with E-state index < -0.39 is 9.84 Å². The van der Waals surface area contributed by atoms with Crippen LogP contribution in [0.4, 0.5) is 0 Å². The maximum absolute atomic E-state index is 11.3. The number of carbonyl (C=O) groups is 1. The topological polar surface area (TPSA) is 63.2 Å². The second kappa shape index (κ2) is 5.61. The highest BCUT2D eigenvalue weighted by atomic mass is 32.2. The average Bonchev–Trinajstić information content (AvgIpc) is 2.95. The van der Waals surface area contributed by atoms with E-state index in [1.165, 1.54) is 0 Å². The van der Waals surface area contributed by atoms with Crippen LogP contribution in [0.2, 0.25) is 0 Å². The van der Waals surface area contributed by atoms with Gasteiger partial charge in [-0.1, -0.05) is 6.92 Å². The molecule has 5 heteroatoms. The molecule has 0 aromatic rings. The van der Waals surface area contributed by atoms with Crippen molar-refractivity contribution in [1.82, 2.24) is 5.32 Å². The van der Waals surface area contributed by atoms with Crippen LogP contribution in [-0.2, 0) is 14.6 Å². The summed E-state index contributed by atoms with van der Waals surface area (Å²) in [5.74, 6) is 0.198. The molecule has 88 valence electrons. The van der Waals surface area contributed by atoms with Gasteiger partial charge in [-0.25, -0.2) is 8.42 Å². The minimum Gasteiger partial charge on any atom is -0.307 e. The lowest BCUT2D eigenvalue weighted by atomic mass is 10.3. The summed E-state index contributed by atoms with van der Waals surface area (Å²) in [5, 5.41) is 3.08. The Morgan fingerprint density at radius 2 is 2.00 bits per heavy atom. The number of rotatable bonds is 8. The van der Waals surface area contributed by atoms with Crippen molar-refractivity contribution >= 4 is 15.6 Å². The van der Waals surface area contributed by atoms with E-state index in [-0.39, 0.29) is 23.7 Å². The van der Waals surface area contributed by atoms with Gasteiger partial charge in [0.05, 0.1) is 12.3 Å². The fourth-order valence-corrected chi connectivity index (χ4v) is 2.68. The number of carbonyl (C=O) groups excluding carboxylic acids is 1. The van der Waals surface area contributed by atoms with Crippen LogP contribution in [0.1, 0.15) is 32.6 Å². The van der Waals surface area contributed by atoms with Gasteiger partial charge >= 0.3 is 0 Å². The molecule has 0 aromatic carbocycles. The van der Waals surface area contributed by atoms with Crippen LogP contribution >= 0.6 is 0 Å². The monoisotopic (exact) mass is 233 g/mol. The molecule has 0 unspecified atom stereocenters. The Morgan fingerprint density at radius 3 is 2.53 bits per heavy atom. The van der Waals surface area contributed by atoms with E-state index in [1.807, 2.05) is 6.92 Å². The zero-order chi connectivity index (χ0) is 11.3. The summed E-state index contributed by atoms with van der Waals surface area (Å²) < 4.78 is 22.6. The van der Waals surface area contributed by atoms with Crippen LogP contribution in [0.5, 0.6) is 0 Å². The summed E-state index contributed by atoms with van der Waals surface area (Å²) in [6, 6.07) is 0.501. The summed E-state index contributed by atoms with van der Waals surface area (Å²) in [7, 11) is -3.00. The number of Topliss-reactive ketones (excluding diaryl/α,β-unsaturated/α-hetero) is 1. The van der Waals surface area contributed by atoms with Crippen molar-refractivity contribution in [3.63, 3.8) is 0 Å². The standard InChI is InChI=1S/C10H19NO3S/c1-2-6-15(13,14)7-5-10(12)8-11-9-3-4-9/h9,11H,2-8H2,1H3. The minimum atomic E-state index is -3.00. The van der Waals surface area contributed by atoms with E-state index >= 15 is 0 Å². The summed E-state index contributed by atoms with van der Waals surface area (Å²) in [6.07, 6.45) is 3.06. The van der Waals surface area contributed by atoms with Crippen LogP contribution in [-0.4, -0.2) is 38.3 Å². The third kappa shape index (κ3) is 5.89. The van der Waals surface area contributed by atoms with Gasteiger partial charge in [0.1, 0.15) is 5.78 Å². The molecule has 1 fully saturated rings. The number of hydrogen-bond donors (Lipinski definition) is 1. The molecule has 1 rings (SSSR count). The normalized spacial score (nSPS) is 16.6. The minimum absolute atomic E-state index is 0.00146. The summed E-state index contributed by atoms with van der Waals surface area (Å²) in [6.45, 7) is 2.15. The van der Waals surface area contributed by atoms with Crippen molar-refractivity contribution in [3.8, 4) is 0 Å². The van der Waals surface area contributed by atoms with Gasteiger partial charge in [-0.05, 0) is 19.3 Å². The van der Waals surface area contributed by atoms with Crippen LogP contribution in [0.3, 0.4) is 0 Å². The predicted octanol–water partition coefficient (Wildman–Crippen LogP) is 0.522. The zero-order valence-corrected chi connectivity index (χ0v) is 9.98. The lowest BCUT2D eigenvalue weighted by molar-refractivity contribution is -0.117. The molecule has 0 saturated heterocycles. The van der Waals surface area contributed by atoms with Crippen LogP contribution < -0.4 is 5.32 Å². The van der Waals surface area contributed by atoms with E-state index in [4.69, 9.17) is 0 Å². The van der Waals surface area contributed by atoms with Gasteiger partial charge in [0.2, 0.25) is 0 Å². The molecule has 0 bridgehead atoms. The third-order valence-electron chi connectivity index (χ3n) is 2.37. The Labute approximate surface area is 91.4 Å². The van der Waals surface area contributed by atoms with E-state index in [2.05, 4.69) is 5.32 Å². The van der Waals surface area contributed by atoms with Crippen molar-refractivity contribution in [2.45, 2.75) is 38.6 Å². The van der Waals surface area contributed by atoms with Gasteiger partial charge < -0.3 is 5.32 Å². The maximum atomic E-state index is 11.3. The molecular formula is C10H19NO3S. The molecule has 0 aliphatic heterocycles. The van der Waals surface area contributed by atoms with Gasteiger partial charge in [-0.15, -0.1) is 0 Å². The van der Waals surface area contributed by atoms with Gasteiger partial charge in [-0.3, -0.25) is 4.79 Å². The SMILES string of the molecule is CCCS(=O)(=O)CCC(=O)CNC1CC1. The Morgan fingerprint density at radius 1 is 1.33 bits per heavy atom. The van der Waals surface area contributed by atoms with E-state index in [1.54, 1.807) is 0 Å². The Balaban J connectivity index is 2.14. The van der Waals surface area contributed by atoms with Crippen LogP contribution in [0, 0.1) is 0 Å². The Hall–Kier alpha value is -0.420. The van der Waals surface area contributed by atoms with E-state index in [0.29, 0.717) is 19.0 Å². The molecule has 0 heterocycles. The second-order valence-electron chi connectivity index (χ2n) is 4.10. The number of ketones is 1. The van der Waals surface area contributed by atoms with Gasteiger partial charge in [-0.2, -0.15) is 0 Å². The summed E-state index contributed by atoms with van der Waals surface area (Å²) in [5.41, 5.74) is 0. The maximum Gasteiger partial charge on any atom is 0.150 e. The van der Waals surface area contributed by atoms with E-state index in [9.17, 15) is 13.2 Å². The fraction of sp³-hybridized carbons (Fsp3) is 0.900. The first-order chi connectivity index (χ1) is 7.03. The molecule has 1 saturated carbocycles. The molecular weight excluding hydrogens is 214 g/mol. The Bertz CT molecular complexity index is 307. The molecule has 0 radical (unpaired) electrons. The molecule has 0 amide bonds. The van der Waals surface area contributed by atoms with Crippen molar-refractivity contribution < 1.29 is 13.2 Å². The quantitative estimate of drug-likeness (QED) is 0.664. The molecule has 1 aliphatic carbocycles. The first-order valence-corrected chi connectivity index (χ1v) is 7.31. The molecule has 0 atom stereocenters. The number of nitrogens with one attached hydrogen (secondary N) is 1. The highest BCUT2D eigenvalue weighted by molar-refractivity contribution is 7.91. The smallest absolute Gasteiger partial charge is 0.150 e. The van der Waals surface area contributed by atoms with Crippen molar-refractivity contribution in [3.05, 3.63) is 0 Å². The van der Waals surface area contributed by atoms with E-state index in [0.717, 1.165) is 12.8 Å². The highest BCUT2D eigenvalue weighted by Gasteiger charge is 2.21. The fourth-order valence-electron chi connectivity index (χ4n) is 1.32. The Kier molecular flexibility index (Phi) is 4.73. The van der Waals surface area contributed by atoms with Gasteiger partial charge in [0.25, 0.3) is 0 Å². The number of hydrogen-bond acceptors (Lipinski definition) is 4. The second-order valence-corrected chi connectivity index (χ2v) is 6.40. The summed E-state index contributed by atoms with van der Waals surface area (Å²) >= 11 is 0. The van der Waals surface area contributed by atoms with Crippen molar-refractivity contribution in [2.24, 2.45) is 0 Å². The molecule has 0 spiro atoms. The van der Waals surface area contributed by atoms with Crippen LogP contribution in [0.25, 0.3) is 0 Å². The molecule has 15 heavy (non-hydrogen) atoms. The van der Waals surface area contributed by atoms with Gasteiger partial charge in [0.15, 0.2) is 9.84 Å². The first kappa shape index (κ1) is 12.6. The molecule has 1 aliphatic rings. The highest BCUT2D eigenvalue weighted by Crippen LogP contribution is 2.18. The van der Waals surface area contributed by atoms with Crippen molar-refractivity contribution in [1.29, 1.82) is 0 Å². The third-order valence-corrected chi connectivity index (χ3v) is 4.23. The van der Waals surface area contributed by atoms with Gasteiger partial charge in [0, 0.05) is 18.2 Å². The largest absolute Gasteiger partial charge is 0.307 e.